The molecule has 0 spiro atoms. The van der Waals surface area contributed by atoms with Crippen molar-refractivity contribution in [3.05, 3.63) is 65.4 Å². The molecule has 4 aromatic rings. The van der Waals surface area contributed by atoms with Crippen LogP contribution in [0.15, 0.2) is 42.7 Å². The lowest BCUT2D eigenvalue weighted by Gasteiger charge is -2.10. The number of hydrogen-bond acceptors (Lipinski definition) is 8. The van der Waals surface area contributed by atoms with Crippen molar-refractivity contribution in [3.8, 4) is 23.1 Å². The molecule has 0 aliphatic heterocycles. The van der Waals surface area contributed by atoms with Crippen LogP contribution in [0.1, 0.15) is 46.8 Å². The third-order valence-corrected chi connectivity index (χ3v) is 5.81. The molecule has 1 aliphatic carbocycles. The molecule has 34 heavy (non-hydrogen) atoms. The molecule has 1 fully saturated rings. The van der Waals surface area contributed by atoms with Gasteiger partial charge < -0.3 is 14.2 Å². The monoisotopic (exact) mass is 463 g/mol. The van der Waals surface area contributed by atoms with Gasteiger partial charge in [-0.2, -0.15) is 10.1 Å². The number of benzene rings is 1. The number of methoxy groups -OCH3 is 2. The molecular formula is C24H22FN5O4. The van der Waals surface area contributed by atoms with Gasteiger partial charge in [0.15, 0.2) is 11.3 Å². The number of aromatic nitrogens is 5. The van der Waals surface area contributed by atoms with E-state index >= 15 is 0 Å². The van der Waals surface area contributed by atoms with Crippen molar-refractivity contribution in [2.75, 3.05) is 20.8 Å². The molecule has 10 heteroatoms. The van der Waals surface area contributed by atoms with Crippen LogP contribution in [0.3, 0.4) is 0 Å². The van der Waals surface area contributed by atoms with Crippen LogP contribution in [0.2, 0.25) is 0 Å². The number of rotatable bonds is 7. The van der Waals surface area contributed by atoms with Gasteiger partial charge in [-0.25, -0.2) is 23.7 Å². The first kappa shape index (κ1) is 21.7. The summed E-state index contributed by atoms with van der Waals surface area (Å²) in [6, 6.07) is 8.62. The van der Waals surface area contributed by atoms with Crippen LogP contribution in [-0.4, -0.2) is 51.4 Å². The van der Waals surface area contributed by atoms with Crippen LogP contribution >= 0.6 is 0 Å². The van der Waals surface area contributed by atoms with Gasteiger partial charge in [0.1, 0.15) is 5.82 Å². The van der Waals surface area contributed by atoms with Gasteiger partial charge in [-0.05, 0) is 48.9 Å². The van der Waals surface area contributed by atoms with Crippen LogP contribution in [0.4, 0.5) is 4.39 Å². The molecule has 174 valence electrons. The first-order valence-corrected chi connectivity index (χ1v) is 10.8. The summed E-state index contributed by atoms with van der Waals surface area (Å²) in [5.74, 6) is -0.153. The molecule has 0 bridgehead atoms. The number of ether oxygens (including phenoxy) is 3. The minimum atomic E-state index is -0.517. The van der Waals surface area contributed by atoms with Crippen LogP contribution in [0.5, 0.6) is 11.9 Å². The van der Waals surface area contributed by atoms with Crippen molar-refractivity contribution in [2.45, 2.75) is 25.2 Å². The maximum atomic E-state index is 13.4. The Morgan fingerprint density at radius 3 is 2.65 bits per heavy atom. The van der Waals surface area contributed by atoms with E-state index in [-0.39, 0.29) is 36.0 Å². The lowest BCUT2D eigenvalue weighted by Crippen LogP contribution is -2.04. The molecule has 3 heterocycles. The molecule has 1 aromatic carbocycles. The third-order valence-electron chi connectivity index (χ3n) is 5.81. The molecule has 0 radical (unpaired) electrons. The highest BCUT2D eigenvalue weighted by atomic mass is 19.1. The number of nitrogens with zero attached hydrogens (tertiary/aromatic N) is 5. The van der Waals surface area contributed by atoms with Gasteiger partial charge >= 0.3 is 12.0 Å². The molecule has 0 N–H and O–H groups in total. The van der Waals surface area contributed by atoms with E-state index in [1.54, 1.807) is 36.0 Å². The van der Waals surface area contributed by atoms with E-state index in [2.05, 4.69) is 20.1 Å². The lowest BCUT2D eigenvalue weighted by molar-refractivity contribution is 0.0520. The Kier molecular flexibility index (Phi) is 5.56. The molecule has 1 saturated carbocycles. The predicted molar refractivity (Wildman–Crippen MR) is 120 cm³/mol. The van der Waals surface area contributed by atoms with Crippen molar-refractivity contribution in [1.82, 2.24) is 24.6 Å². The van der Waals surface area contributed by atoms with Gasteiger partial charge in [0.2, 0.25) is 5.88 Å². The van der Waals surface area contributed by atoms with Crippen molar-refractivity contribution in [2.24, 2.45) is 0 Å². The van der Waals surface area contributed by atoms with E-state index < -0.39 is 5.97 Å². The fourth-order valence-electron chi connectivity index (χ4n) is 4.11. The molecule has 9 nitrogen and oxygen atoms in total. The highest BCUT2D eigenvalue weighted by Gasteiger charge is 2.41. The number of imidazole rings is 1. The van der Waals surface area contributed by atoms with E-state index in [1.807, 2.05) is 6.07 Å². The Morgan fingerprint density at radius 1 is 1.15 bits per heavy atom. The summed E-state index contributed by atoms with van der Waals surface area (Å²) < 4.78 is 30.6. The standard InChI is InChI=1S/C24H22FN5O4/c1-4-34-23(31)20-12-30-21(27-20)17(16-9-15(16)13-5-7-14(25)8-6-13)10-19(29-30)18-11-26-24(33-3)28-22(18)32-2/h5-8,10-12,15-16H,4,9H2,1-3H3/t15-,16+/m1/s1. The number of carbonyl (C=O) groups excluding carboxylic acids is 1. The minimum Gasteiger partial charge on any atom is -0.480 e. The molecule has 1 aliphatic rings. The fraction of sp³-hybridized carbons (Fsp3) is 0.292. The van der Waals surface area contributed by atoms with Crippen molar-refractivity contribution < 1.29 is 23.4 Å². The Morgan fingerprint density at radius 2 is 1.94 bits per heavy atom. The maximum absolute atomic E-state index is 13.4. The second-order valence-corrected chi connectivity index (χ2v) is 7.88. The summed E-state index contributed by atoms with van der Waals surface area (Å²) in [7, 11) is 2.98. The second kappa shape index (κ2) is 8.69. The number of hydrogen-bond donors (Lipinski definition) is 0. The number of fused-ring (bicyclic) bond motifs is 1. The Hall–Kier alpha value is -4.08. The molecule has 0 saturated heterocycles. The Bertz CT molecular complexity index is 1370. The zero-order valence-corrected chi connectivity index (χ0v) is 18.9. The first-order chi connectivity index (χ1) is 16.5. The second-order valence-electron chi connectivity index (χ2n) is 7.88. The molecule has 3 aromatic heterocycles. The molecule has 2 atom stereocenters. The zero-order valence-electron chi connectivity index (χ0n) is 18.9. The summed E-state index contributed by atoms with van der Waals surface area (Å²) in [5, 5.41) is 4.65. The smallest absolute Gasteiger partial charge is 0.358 e. The Labute approximate surface area is 194 Å². The highest BCUT2D eigenvalue weighted by molar-refractivity contribution is 5.88. The normalized spacial score (nSPS) is 16.9. The van der Waals surface area contributed by atoms with Crippen molar-refractivity contribution >= 4 is 11.6 Å². The van der Waals surface area contributed by atoms with E-state index in [1.165, 1.54) is 26.4 Å². The average molecular weight is 463 g/mol. The number of carbonyl (C=O) groups is 1. The quantitative estimate of drug-likeness (QED) is 0.382. The highest BCUT2D eigenvalue weighted by Crippen LogP contribution is 2.55. The van der Waals surface area contributed by atoms with E-state index in [0.717, 1.165) is 17.5 Å². The van der Waals surface area contributed by atoms with Crippen LogP contribution in [0, 0.1) is 5.82 Å². The van der Waals surface area contributed by atoms with Gasteiger partial charge in [0.25, 0.3) is 0 Å². The average Bonchev–Trinajstić information content (AvgIpc) is 3.53. The van der Waals surface area contributed by atoms with Crippen LogP contribution in [-0.2, 0) is 4.74 Å². The van der Waals surface area contributed by atoms with Gasteiger partial charge in [0.05, 0.1) is 38.3 Å². The third kappa shape index (κ3) is 3.91. The largest absolute Gasteiger partial charge is 0.480 e. The van der Waals surface area contributed by atoms with Gasteiger partial charge in [-0.15, -0.1) is 0 Å². The van der Waals surface area contributed by atoms with Gasteiger partial charge in [-0.3, -0.25) is 0 Å². The molecule has 0 amide bonds. The summed E-state index contributed by atoms with van der Waals surface area (Å²) >= 11 is 0. The van der Waals surface area contributed by atoms with Gasteiger partial charge in [-0.1, -0.05) is 12.1 Å². The molecule has 0 unspecified atom stereocenters. The summed E-state index contributed by atoms with van der Waals surface area (Å²) in [5.41, 5.74) is 3.81. The fourth-order valence-corrected chi connectivity index (χ4v) is 4.11. The summed E-state index contributed by atoms with van der Waals surface area (Å²) in [4.78, 5) is 25.3. The Balaban J connectivity index is 1.62. The predicted octanol–water partition coefficient (Wildman–Crippen LogP) is 3.79. The van der Waals surface area contributed by atoms with E-state index in [9.17, 15) is 9.18 Å². The van der Waals surface area contributed by atoms with Crippen molar-refractivity contribution in [3.63, 3.8) is 0 Å². The summed E-state index contributed by atoms with van der Waals surface area (Å²) in [6.07, 6.45) is 3.99. The summed E-state index contributed by atoms with van der Waals surface area (Å²) in [6.45, 7) is 1.98. The molecular weight excluding hydrogens is 441 g/mol. The SMILES string of the molecule is CCOC(=O)c1cn2nc(-c3cnc(OC)nc3OC)cc([C@H]3C[C@@H]3c3ccc(F)cc3)c2n1. The maximum Gasteiger partial charge on any atom is 0.358 e. The number of halogens is 1. The zero-order chi connectivity index (χ0) is 23.8. The minimum absolute atomic E-state index is 0.123. The topological polar surface area (TPSA) is 101 Å². The van der Waals surface area contributed by atoms with E-state index in [4.69, 9.17) is 14.2 Å². The molecule has 5 rings (SSSR count). The lowest BCUT2D eigenvalue weighted by atomic mass is 10.0. The van der Waals surface area contributed by atoms with Crippen molar-refractivity contribution in [1.29, 1.82) is 0 Å². The number of esters is 1. The van der Waals surface area contributed by atoms with Gasteiger partial charge in [0, 0.05) is 11.8 Å². The van der Waals surface area contributed by atoms with E-state index in [0.29, 0.717) is 22.8 Å². The van der Waals surface area contributed by atoms with Crippen LogP contribution < -0.4 is 9.47 Å². The first-order valence-electron chi connectivity index (χ1n) is 10.8. The van der Waals surface area contributed by atoms with Crippen LogP contribution in [0.25, 0.3) is 16.9 Å².